The van der Waals surface area contributed by atoms with Gasteiger partial charge in [-0.1, -0.05) is 12.1 Å². The first-order valence-electron chi connectivity index (χ1n) is 4.16. The molecule has 15 heavy (non-hydrogen) atoms. The van der Waals surface area contributed by atoms with E-state index in [1.54, 1.807) is 24.3 Å². The maximum absolute atomic E-state index is 10.6. The van der Waals surface area contributed by atoms with Crippen LogP contribution in [0.2, 0.25) is 0 Å². The number of carbonyl (C=O) groups is 1. The number of fused-ring (bicyclic) bond motifs is 1. The first-order valence-corrected chi connectivity index (χ1v) is 4.16. The second-order valence-electron chi connectivity index (χ2n) is 3.04. The van der Waals surface area contributed by atoms with Crippen LogP contribution in [0, 0.1) is 0 Å². The molecule has 1 aliphatic rings. The summed E-state index contributed by atoms with van der Waals surface area (Å²) in [6.45, 7) is 0. The molecule has 0 radical (unpaired) electrons. The van der Waals surface area contributed by atoms with Crippen molar-refractivity contribution in [1.82, 2.24) is 0 Å². The van der Waals surface area contributed by atoms with Gasteiger partial charge in [0, 0.05) is 11.3 Å². The van der Waals surface area contributed by atoms with Gasteiger partial charge in [-0.15, -0.1) is 0 Å². The Labute approximate surface area is 109 Å². The summed E-state index contributed by atoms with van der Waals surface area (Å²) < 4.78 is 0. The van der Waals surface area contributed by atoms with Crippen molar-refractivity contribution in [2.24, 2.45) is 0 Å². The molecular weight excluding hydrogens is 205 g/mol. The minimum atomic E-state index is -1.26. The van der Waals surface area contributed by atoms with E-state index >= 15 is 0 Å². The normalized spacial score (nSPS) is 17.9. The Bertz CT molecular complexity index is 417. The molecule has 0 saturated heterocycles. The number of aliphatic hydroxyl groups is 1. The van der Waals surface area contributed by atoms with E-state index in [2.05, 4.69) is 5.32 Å². The minimum Gasteiger partial charge on any atom is -0.548 e. The molecule has 1 aliphatic heterocycles. The van der Waals surface area contributed by atoms with E-state index in [0.29, 0.717) is 11.3 Å². The number of para-hydroxylation sites is 1. The number of carboxylic acids is 1. The van der Waals surface area contributed by atoms with Gasteiger partial charge in [-0.2, -0.15) is 0 Å². The van der Waals surface area contributed by atoms with Crippen LogP contribution in [0.25, 0.3) is 5.76 Å². The predicted octanol–water partition coefficient (Wildman–Crippen LogP) is -2.87. The number of aliphatic carboxylic acids is 1. The molecule has 2 rings (SSSR count). The molecule has 0 spiro atoms. The van der Waals surface area contributed by atoms with E-state index in [4.69, 9.17) is 0 Å². The van der Waals surface area contributed by atoms with Crippen LogP contribution in [-0.2, 0) is 4.79 Å². The maximum atomic E-state index is 10.6. The van der Waals surface area contributed by atoms with Crippen molar-refractivity contribution in [3.05, 3.63) is 35.9 Å². The molecule has 0 saturated carbocycles. The molecule has 0 amide bonds. The number of benzene rings is 1. The smallest absolute Gasteiger partial charge is 0.548 e. The third-order valence-electron chi connectivity index (χ3n) is 2.09. The fourth-order valence-corrected chi connectivity index (χ4v) is 1.42. The molecule has 72 valence electrons. The average molecular weight is 213 g/mol. The van der Waals surface area contributed by atoms with Gasteiger partial charge < -0.3 is 20.3 Å². The van der Waals surface area contributed by atoms with Gasteiger partial charge in [0.25, 0.3) is 0 Å². The summed E-state index contributed by atoms with van der Waals surface area (Å²) in [6, 6.07) is 5.97. The Morgan fingerprint density at radius 1 is 1.40 bits per heavy atom. The summed E-state index contributed by atoms with van der Waals surface area (Å²) in [5.74, 6) is -1.29. The molecule has 4 nitrogen and oxygen atoms in total. The van der Waals surface area contributed by atoms with Gasteiger partial charge in [0.1, 0.15) is 5.76 Å². The topological polar surface area (TPSA) is 72.4 Å². The Morgan fingerprint density at radius 2 is 2.07 bits per heavy atom. The van der Waals surface area contributed by atoms with Crippen molar-refractivity contribution in [2.45, 2.75) is 6.04 Å². The summed E-state index contributed by atoms with van der Waals surface area (Å²) in [4.78, 5) is 10.6. The van der Waals surface area contributed by atoms with Gasteiger partial charge in [-0.3, -0.25) is 0 Å². The average Bonchev–Trinajstić information content (AvgIpc) is 2.17. The van der Waals surface area contributed by atoms with E-state index in [1.807, 2.05) is 0 Å². The summed E-state index contributed by atoms with van der Waals surface area (Å²) in [6.07, 6.45) is 1.22. The third kappa shape index (κ3) is 2.34. The molecule has 1 aromatic carbocycles. The quantitative estimate of drug-likeness (QED) is 0.492. The molecule has 1 aromatic rings. The van der Waals surface area contributed by atoms with Crippen molar-refractivity contribution in [3.63, 3.8) is 0 Å². The number of hydrogen-bond donors (Lipinski definition) is 2. The molecular formula is C10H8NNaO3. The van der Waals surface area contributed by atoms with Crippen molar-refractivity contribution in [3.8, 4) is 0 Å². The number of anilines is 1. The van der Waals surface area contributed by atoms with Gasteiger partial charge in [-0.25, -0.2) is 0 Å². The van der Waals surface area contributed by atoms with E-state index in [1.165, 1.54) is 6.08 Å². The van der Waals surface area contributed by atoms with Crippen LogP contribution < -0.4 is 40.0 Å². The summed E-state index contributed by atoms with van der Waals surface area (Å²) >= 11 is 0. The van der Waals surface area contributed by atoms with Gasteiger partial charge in [0.2, 0.25) is 0 Å². The number of aliphatic hydroxyl groups excluding tert-OH is 1. The fraction of sp³-hybridized carbons (Fsp3) is 0.100. The first kappa shape index (κ1) is 12.1. The van der Waals surface area contributed by atoms with Crippen LogP contribution in [0.15, 0.2) is 30.3 Å². The number of rotatable bonds is 1. The maximum Gasteiger partial charge on any atom is 1.00 e. The van der Waals surface area contributed by atoms with Crippen LogP contribution >= 0.6 is 0 Å². The molecule has 2 N–H and O–H groups in total. The number of hydrogen-bond acceptors (Lipinski definition) is 4. The Kier molecular flexibility index (Phi) is 3.79. The second-order valence-corrected chi connectivity index (χ2v) is 3.04. The van der Waals surface area contributed by atoms with Crippen LogP contribution in [-0.4, -0.2) is 17.1 Å². The first-order chi connectivity index (χ1) is 6.68. The fourth-order valence-electron chi connectivity index (χ4n) is 1.42. The zero-order valence-electron chi connectivity index (χ0n) is 8.23. The van der Waals surface area contributed by atoms with Crippen molar-refractivity contribution in [2.75, 3.05) is 5.32 Å². The minimum absolute atomic E-state index is 0. The SMILES string of the molecule is O=C([O-])C1C=C(O)c2ccccc2N1.[Na+]. The van der Waals surface area contributed by atoms with Crippen LogP contribution in [0.1, 0.15) is 5.56 Å². The predicted molar refractivity (Wildman–Crippen MR) is 49.5 cm³/mol. The molecule has 0 aromatic heterocycles. The van der Waals surface area contributed by atoms with Crippen LogP contribution in [0.5, 0.6) is 0 Å². The standard InChI is InChI=1S/C10H9NO3.Na/c12-9-5-8(10(13)14)11-7-4-2-1-3-6(7)9;/h1-5,8,11-12H,(H,13,14);/q;+1/p-1. The van der Waals surface area contributed by atoms with Crippen molar-refractivity contribution < 1.29 is 44.6 Å². The van der Waals surface area contributed by atoms with Crippen molar-refractivity contribution in [1.29, 1.82) is 0 Å². The number of nitrogens with one attached hydrogen (secondary N) is 1. The van der Waals surface area contributed by atoms with E-state index < -0.39 is 12.0 Å². The zero-order chi connectivity index (χ0) is 10.1. The molecule has 0 bridgehead atoms. The molecule has 5 heteroatoms. The molecule has 1 unspecified atom stereocenters. The van der Waals surface area contributed by atoms with Gasteiger partial charge in [0.15, 0.2) is 0 Å². The molecule has 1 heterocycles. The second kappa shape index (κ2) is 4.70. The van der Waals surface area contributed by atoms with E-state index in [9.17, 15) is 15.0 Å². The van der Waals surface area contributed by atoms with Crippen LogP contribution in [0.4, 0.5) is 5.69 Å². The zero-order valence-corrected chi connectivity index (χ0v) is 10.2. The number of carboxylic acid groups (broad SMARTS) is 1. The molecule has 0 fully saturated rings. The van der Waals surface area contributed by atoms with E-state index in [-0.39, 0.29) is 35.3 Å². The monoisotopic (exact) mass is 213 g/mol. The molecule has 0 aliphatic carbocycles. The largest absolute Gasteiger partial charge is 1.00 e. The van der Waals surface area contributed by atoms with Gasteiger partial charge >= 0.3 is 29.6 Å². The summed E-state index contributed by atoms with van der Waals surface area (Å²) in [5, 5.41) is 22.8. The van der Waals surface area contributed by atoms with Crippen molar-refractivity contribution >= 4 is 17.4 Å². The Hall–Kier alpha value is -0.970. The summed E-state index contributed by atoms with van der Waals surface area (Å²) in [7, 11) is 0. The number of carbonyl (C=O) groups excluding carboxylic acids is 1. The van der Waals surface area contributed by atoms with E-state index in [0.717, 1.165) is 0 Å². The third-order valence-corrected chi connectivity index (χ3v) is 2.09. The summed E-state index contributed by atoms with van der Waals surface area (Å²) in [5.41, 5.74) is 1.20. The van der Waals surface area contributed by atoms with Crippen LogP contribution in [0.3, 0.4) is 0 Å². The van der Waals surface area contributed by atoms with Gasteiger partial charge in [-0.05, 0) is 18.2 Å². The molecule has 1 atom stereocenters. The Balaban J connectivity index is 0.00000112. The Morgan fingerprint density at radius 3 is 2.73 bits per heavy atom. The van der Waals surface area contributed by atoms with Gasteiger partial charge in [0.05, 0.1) is 12.0 Å².